The summed E-state index contributed by atoms with van der Waals surface area (Å²) in [5.41, 5.74) is 2.54. The van der Waals surface area contributed by atoms with Gasteiger partial charge in [-0.2, -0.15) is 0 Å². The Balaban J connectivity index is 1.59. The van der Waals surface area contributed by atoms with E-state index in [-0.39, 0.29) is 17.2 Å². The highest BCUT2D eigenvalue weighted by Gasteiger charge is 2.42. The smallest absolute Gasteiger partial charge is 0.251 e. The highest BCUT2D eigenvalue weighted by molar-refractivity contribution is 6.02. The first kappa shape index (κ1) is 14.1. The maximum absolute atomic E-state index is 12.2. The van der Waals surface area contributed by atoms with Crippen molar-refractivity contribution in [3.8, 4) is 0 Å². The Bertz CT molecular complexity index is 579. The molecular formula is C16H20N2O3. The monoisotopic (exact) mass is 288 g/mol. The SMILES string of the molecule is COCCC1(CNC(=O)c2ccc3c(c2)NC(=O)C3)CC1. The summed E-state index contributed by atoms with van der Waals surface area (Å²) in [5, 5.41) is 5.78. The normalized spacial score (nSPS) is 18.0. The number of hydrogen-bond donors (Lipinski definition) is 2. The molecule has 1 aliphatic carbocycles. The molecule has 0 bridgehead atoms. The molecular weight excluding hydrogens is 268 g/mol. The summed E-state index contributed by atoms with van der Waals surface area (Å²) >= 11 is 0. The van der Waals surface area contributed by atoms with Crippen molar-refractivity contribution in [1.29, 1.82) is 0 Å². The number of methoxy groups -OCH3 is 1. The molecule has 5 heteroatoms. The van der Waals surface area contributed by atoms with Gasteiger partial charge in [0.1, 0.15) is 0 Å². The topological polar surface area (TPSA) is 67.4 Å². The zero-order valence-electron chi connectivity index (χ0n) is 12.2. The summed E-state index contributed by atoms with van der Waals surface area (Å²) in [6, 6.07) is 5.38. The maximum atomic E-state index is 12.2. The second-order valence-electron chi connectivity index (χ2n) is 6.02. The van der Waals surface area contributed by atoms with Gasteiger partial charge >= 0.3 is 0 Å². The van der Waals surface area contributed by atoms with Gasteiger partial charge in [0.05, 0.1) is 6.42 Å². The Morgan fingerprint density at radius 1 is 1.43 bits per heavy atom. The van der Waals surface area contributed by atoms with E-state index in [1.165, 1.54) is 0 Å². The second-order valence-corrected chi connectivity index (χ2v) is 6.02. The number of hydrogen-bond acceptors (Lipinski definition) is 3. The second kappa shape index (κ2) is 5.48. The van der Waals surface area contributed by atoms with Crippen molar-refractivity contribution in [2.24, 2.45) is 5.41 Å². The first-order valence-electron chi connectivity index (χ1n) is 7.32. The molecule has 1 aliphatic heterocycles. The number of rotatable bonds is 6. The standard InChI is InChI=1S/C16H20N2O3/c1-21-7-6-16(4-5-16)10-17-15(20)12-3-2-11-9-14(19)18-13(11)8-12/h2-3,8H,4-7,9-10H2,1H3,(H,17,20)(H,18,19). The molecule has 0 spiro atoms. The first-order valence-corrected chi connectivity index (χ1v) is 7.32. The van der Waals surface area contributed by atoms with Crippen LogP contribution >= 0.6 is 0 Å². The summed E-state index contributed by atoms with van der Waals surface area (Å²) < 4.78 is 5.12. The number of fused-ring (bicyclic) bond motifs is 1. The number of amides is 2. The van der Waals surface area contributed by atoms with Crippen molar-refractivity contribution in [1.82, 2.24) is 5.32 Å². The molecule has 1 heterocycles. The summed E-state index contributed by atoms with van der Waals surface area (Å²) in [4.78, 5) is 23.5. The molecule has 0 atom stereocenters. The Morgan fingerprint density at radius 3 is 2.95 bits per heavy atom. The van der Waals surface area contributed by atoms with Gasteiger partial charge in [0.2, 0.25) is 5.91 Å². The van der Waals surface area contributed by atoms with E-state index < -0.39 is 0 Å². The minimum absolute atomic E-state index is 0.0148. The predicted octanol–water partition coefficient (Wildman–Crippen LogP) is 1.73. The molecule has 112 valence electrons. The molecule has 2 aliphatic rings. The summed E-state index contributed by atoms with van der Waals surface area (Å²) in [6.07, 6.45) is 3.69. The van der Waals surface area contributed by atoms with E-state index in [9.17, 15) is 9.59 Å². The van der Waals surface area contributed by atoms with E-state index in [1.807, 2.05) is 6.07 Å². The number of carbonyl (C=O) groups excluding carboxylic acids is 2. The van der Waals surface area contributed by atoms with Crippen molar-refractivity contribution in [2.45, 2.75) is 25.7 Å². The molecule has 0 saturated heterocycles. The summed E-state index contributed by atoms with van der Waals surface area (Å²) in [6.45, 7) is 1.43. The van der Waals surface area contributed by atoms with Crippen LogP contribution in [0.3, 0.4) is 0 Å². The van der Waals surface area contributed by atoms with E-state index in [0.29, 0.717) is 18.5 Å². The Morgan fingerprint density at radius 2 is 2.24 bits per heavy atom. The third kappa shape index (κ3) is 3.08. The van der Waals surface area contributed by atoms with Crippen LogP contribution in [-0.2, 0) is 16.0 Å². The van der Waals surface area contributed by atoms with Gasteiger partial charge in [-0.3, -0.25) is 9.59 Å². The van der Waals surface area contributed by atoms with Crippen LogP contribution in [0.2, 0.25) is 0 Å². The molecule has 3 rings (SSSR count). The Hall–Kier alpha value is -1.88. The predicted molar refractivity (Wildman–Crippen MR) is 79.3 cm³/mol. The van der Waals surface area contributed by atoms with E-state index in [1.54, 1.807) is 19.2 Å². The van der Waals surface area contributed by atoms with Crippen LogP contribution in [0, 0.1) is 5.41 Å². The minimum Gasteiger partial charge on any atom is -0.385 e. The van der Waals surface area contributed by atoms with Crippen molar-refractivity contribution in [2.75, 3.05) is 25.6 Å². The zero-order chi connectivity index (χ0) is 14.9. The van der Waals surface area contributed by atoms with Gasteiger partial charge in [-0.05, 0) is 42.4 Å². The number of anilines is 1. The number of carbonyl (C=O) groups is 2. The fourth-order valence-electron chi connectivity index (χ4n) is 2.74. The zero-order valence-corrected chi connectivity index (χ0v) is 12.2. The molecule has 5 nitrogen and oxygen atoms in total. The summed E-state index contributed by atoms with van der Waals surface area (Å²) in [7, 11) is 1.70. The van der Waals surface area contributed by atoms with Gasteiger partial charge in [-0.1, -0.05) is 6.07 Å². The van der Waals surface area contributed by atoms with E-state index in [0.717, 1.165) is 37.1 Å². The van der Waals surface area contributed by atoms with E-state index >= 15 is 0 Å². The molecule has 21 heavy (non-hydrogen) atoms. The molecule has 1 saturated carbocycles. The minimum atomic E-state index is -0.0809. The fourth-order valence-corrected chi connectivity index (χ4v) is 2.74. The number of ether oxygens (including phenoxy) is 1. The lowest BCUT2D eigenvalue weighted by atomic mass is 10.0. The number of benzene rings is 1. The third-order valence-corrected chi connectivity index (χ3v) is 4.41. The largest absolute Gasteiger partial charge is 0.385 e. The molecule has 1 aromatic carbocycles. The third-order valence-electron chi connectivity index (χ3n) is 4.41. The highest BCUT2D eigenvalue weighted by atomic mass is 16.5. The average Bonchev–Trinajstić information content (AvgIpc) is 3.15. The maximum Gasteiger partial charge on any atom is 0.251 e. The molecule has 2 amide bonds. The van der Waals surface area contributed by atoms with Crippen LogP contribution in [0.5, 0.6) is 0 Å². The highest BCUT2D eigenvalue weighted by Crippen LogP contribution is 2.48. The lowest BCUT2D eigenvalue weighted by Gasteiger charge is -2.15. The fraction of sp³-hybridized carbons (Fsp3) is 0.500. The summed E-state index contributed by atoms with van der Waals surface area (Å²) in [5.74, 6) is -0.0957. The van der Waals surface area contributed by atoms with Crippen LogP contribution in [0.1, 0.15) is 35.2 Å². The van der Waals surface area contributed by atoms with Crippen LogP contribution in [0.4, 0.5) is 5.69 Å². The van der Waals surface area contributed by atoms with Gasteiger partial charge < -0.3 is 15.4 Å². The lowest BCUT2D eigenvalue weighted by molar-refractivity contribution is -0.115. The van der Waals surface area contributed by atoms with Gasteiger partial charge in [0.15, 0.2) is 0 Å². The first-order chi connectivity index (χ1) is 10.1. The molecule has 0 aromatic heterocycles. The van der Waals surface area contributed by atoms with Gasteiger partial charge in [0.25, 0.3) is 5.91 Å². The van der Waals surface area contributed by atoms with Crippen LogP contribution in [0.15, 0.2) is 18.2 Å². The number of nitrogens with one attached hydrogen (secondary N) is 2. The molecule has 1 aromatic rings. The van der Waals surface area contributed by atoms with Crippen molar-refractivity contribution in [3.63, 3.8) is 0 Å². The Labute approximate surface area is 124 Å². The van der Waals surface area contributed by atoms with Crippen molar-refractivity contribution in [3.05, 3.63) is 29.3 Å². The lowest BCUT2D eigenvalue weighted by Crippen LogP contribution is -2.30. The quantitative estimate of drug-likeness (QED) is 0.837. The van der Waals surface area contributed by atoms with Crippen LogP contribution < -0.4 is 10.6 Å². The molecule has 2 N–H and O–H groups in total. The van der Waals surface area contributed by atoms with Gasteiger partial charge in [0, 0.05) is 31.5 Å². The Kier molecular flexibility index (Phi) is 3.68. The van der Waals surface area contributed by atoms with Crippen LogP contribution in [0.25, 0.3) is 0 Å². The molecule has 1 fully saturated rings. The average molecular weight is 288 g/mol. The van der Waals surface area contributed by atoms with Gasteiger partial charge in [-0.25, -0.2) is 0 Å². The molecule has 0 radical (unpaired) electrons. The van der Waals surface area contributed by atoms with Crippen molar-refractivity contribution < 1.29 is 14.3 Å². The van der Waals surface area contributed by atoms with E-state index in [2.05, 4.69) is 10.6 Å². The molecule has 0 unspecified atom stereocenters. The van der Waals surface area contributed by atoms with E-state index in [4.69, 9.17) is 4.74 Å². The van der Waals surface area contributed by atoms with Crippen molar-refractivity contribution >= 4 is 17.5 Å². The van der Waals surface area contributed by atoms with Crippen LogP contribution in [-0.4, -0.2) is 32.1 Å². The van der Waals surface area contributed by atoms with Gasteiger partial charge in [-0.15, -0.1) is 0 Å².